The third kappa shape index (κ3) is 4.43. The minimum atomic E-state index is -0.361. The van der Waals surface area contributed by atoms with Crippen LogP contribution in [-0.4, -0.2) is 44.0 Å². The van der Waals surface area contributed by atoms with Gasteiger partial charge in [-0.15, -0.1) is 5.06 Å². The van der Waals surface area contributed by atoms with Crippen molar-refractivity contribution in [3.05, 3.63) is 0 Å². The van der Waals surface area contributed by atoms with Gasteiger partial charge in [0.05, 0.1) is 26.3 Å². The van der Waals surface area contributed by atoms with Crippen LogP contribution < -0.4 is 5.32 Å². The zero-order chi connectivity index (χ0) is 10.2. The van der Waals surface area contributed by atoms with Crippen molar-refractivity contribution in [1.82, 2.24) is 10.4 Å². The predicted octanol–water partition coefficient (Wildman–Crippen LogP) is 0.760. The number of hydroxylamine groups is 2. The molecule has 0 radical (unpaired) electrons. The lowest BCUT2D eigenvalue weighted by atomic mass is 10.3. The summed E-state index contributed by atoms with van der Waals surface area (Å²) < 4.78 is 5.13. The van der Waals surface area contributed by atoms with Crippen molar-refractivity contribution in [2.24, 2.45) is 0 Å². The highest BCUT2D eigenvalue weighted by molar-refractivity contribution is 5.66. The molecule has 0 aliphatic carbocycles. The topological polar surface area (TPSA) is 50.8 Å². The van der Waals surface area contributed by atoms with E-state index in [1.807, 2.05) is 0 Å². The molecule has 0 atom stereocenters. The molecule has 1 saturated heterocycles. The predicted molar refractivity (Wildman–Crippen MR) is 51.8 cm³/mol. The van der Waals surface area contributed by atoms with Gasteiger partial charge in [-0.2, -0.15) is 0 Å². The molecule has 1 fully saturated rings. The number of morpholine rings is 1. The van der Waals surface area contributed by atoms with Gasteiger partial charge < -0.3 is 14.9 Å². The lowest BCUT2D eigenvalue weighted by molar-refractivity contribution is -0.145. The fourth-order valence-corrected chi connectivity index (χ4v) is 1.15. The molecule has 82 valence electrons. The van der Waals surface area contributed by atoms with E-state index in [-0.39, 0.29) is 6.09 Å². The van der Waals surface area contributed by atoms with Gasteiger partial charge in [0.1, 0.15) is 0 Å². The fourth-order valence-electron chi connectivity index (χ4n) is 1.15. The molecule has 0 unspecified atom stereocenters. The van der Waals surface area contributed by atoms with E-state index in [2.05, 4.69) is 12.2 Å². The number of hydrogen-bond donors (Lipinski definition) is 1. The van der Waals surface area contributed by atoms with Crippen molar-refractivity contribution < 1.29 is 14.4 Å². The van der Waals surface area contributed by atoms with E-state index in [1.54, 1.807) is 5.06 Å². The van der Waals surface area contributed by atoms with Crippen molar-refractivity contribution in [2.75, 3.05) is 32.8 Å². The molecule has 5 nitrogen and oxygen atoms in total. The molecule has 1 heterocycles. The number of nitrogens with one attached hydrogen (secondary N) is 1. The molecule has 1 rings (SSSR count). The summed E-state index contributed by atoms with van der Waals surface area (Å²) in [7, 11) is 0. The van der Waals surface area contributed by atoms with Gasteiger partial charge in [-0.1, -0.05) is 13.3 Å². The molecule has 0 aromatic rings. The van der Waals surface area contributed by atoms with E-state index in [0.29, 0.717) is 32.8 Å². The summed E-state index contributed by atoms with van der Waals surface area (Å²) in [5.74, 6) is 0. The average Bonchev–Trinajstić information content (AvgIpc) is 2.20. The van der Waals surface area contributed by atoms with Crippen LogP contribution in [0.4, 0.5) is 4.79 Å². The number of nitrogens with zero attached hydrogens (tertiary/aromatic N) is 1. The van der Waals surface area contributed by atoms with Crippen LogP contribution in [0.3, 0.4) is 0 Å². The van der Waals surface area contributed by atoms with E-state index < -0.39 is 0 Å². The lowest BCUT2D eigenvalue weighted by Crippen LogP contribution is -2.40. The van der Waals surface area contributed by atoms with Crippen LogP contribution in [0.2, 0.25) is 0 Å². The summed E-state index contributed by atoms with van der Waals surface area (Å²) >= 11 is 0. The minimum absolute atomic E-state index is 0.361. The number of rotatable bonds is 4. The molecule has 0 aromatic heterocycles. The Bertz CT molecular complexity index is 169. The highest BCUT2D eigenvalue weighted by Gasteiger charge is 2.14. The third-order valence-corrected chi connectivity index (χ3v) is 1.98. The third-order valence-electron chi connectivity index (χ3n) is 1.98. The van der Waals surface area contributed by atoms with Gasteiger partial charge in [0, 0.05) is 6.54 Å². The van der Waals surface area contributed by atoms with Gasteiger partial charge in [-0.3, -0.25) is 0 Å². The van der Waals surface area contributed by atoms with E-state index in [0.717, 1.165) is 12.8 Å². The number of ether oxygens (including phenoxy) is 1. The Balaban J connectivity index is 2.06. The molecule has 1 N–H and O–H groups in total. The van der Waals surface area contributed by atoms with Gasteiger partial charge in [0.25, 0.3) is 0 Å². The summed E-state index contributed by atoms with van der Waals surface area (Å²) in [5, 5.41) is 4.32. The first-order valence-electron chi connectivity index (χ1n) is 5.11. The molecule has 1 aliphatic rings. The van der Waals surface area contributed by atoms with E-state index in [4.69, 9.17) is 9.57 Å². The van der Waals surface area contributed by atoms with Crippen LogP contribution in [0.25, 0.3) is 0 Å². The van der Waals surface area contributed by atoms with Crippen molar-refractivity contribution in [3.63, 3.8) is 0 Å². The standard InChI is InChI=1S/C9H18N2O3/c1-2-3-4-10-9(12)14-11-5-7-13-8-6-11/h2-8H2,1H3,(H,10,12). The van der Waals surface area contributed by atoms with E-state index >= 15 is 0 Å². The maximum Gasteiger partial charge on any atom is 0.426 e. The van der Waals surface area contributed by atoms with Crippen molar-refractivity contribution in [2.45, 2.75) is 19.8 Å². The summed E-state index contributed by atoms with van der Waals surface area (Å²) in [6.45, 7) is 5.32. The normalized spacial score (nSPS) is 17.8. The SMILES string of the molecule is CCCCNC(=O)ON1CCOCC1. The zero-order valence-electron chi connectivity index (χ0n) is 8.62. The fraction of sp³-hybridized carbons (Fsp3) is 0.889. The first-order valence-corrected chi connectivity index (χ1v) is 5.11. The molecular weight excluding hydrogens is 184 g/mol. The van der Waals surface area contributed by atoms with Crippen molar-refractivity contribution in [3.8, 4) is 0 Å². The summed E-state index contributed by atoms with van der Waals surface area (Å²) in [6, 6.07) is 0. The second-order valence-electron chi connectivity index (χ2n) is 3.20. The molecule has 0 saturated carbocycles. The molecule has 0 bridgehead atoms. The Hall–Kier alpha value is -0.810. The van der Waals surface area contributed by atoms with Crippen LogP contribution in [0.1, 0.15) is 19.8 Å². The van der Waals surface area contributed by atoms with Crippen LogP contribution in [0.5, 0.6) is 0 Å². The molecule has 14 heavy (non-hydrogen) atoms. The van der Waals surface area contributed by atoms with Gasteiger partial charge in [-0.05, 0) is 6.42 Å². The summed E-state index contributed by atoms with van der Waals surface area (Å²) in [6.07, 6.45) is 1.69. The van der Waals surface area contributed by atoms with Crippen molar-refractivity contribution >= 4 is 6.09 Å². The van der Waals surface area contributed by atoms with Crippen LogP contribution in [0, 0.1) is 0 Å². The Labute approximate surface area is 84.3 Å². The minimum Gasteiger partial charge on any atom is -0.379 e. The highest BCUT2D eigenvalue weighted by atomic mass is 16.7. The summed E-state index contributed by atoms with van der Waals surface area (Å²) in [4.78, 5) is 16.2. The van der Waals surface area contributed by atoms with E-state index in [9.17, 15) is 4.79 Å². The second-order valence-corrected chi connectivity index (χ2v) is 3.20. The average molecular weight is 202 g/mol. The number of amides is 1. The Kier molecular flexibility index (Phi) is 5.32. The molecular formula is C9H18N2O3. The van der Waals surface area contributed by atoms with Gasteiger partial charge in [0.15, 0.2) is 0 Å². The van der Waals surface area contributed by atoms with Gasteiger partial charge in [-0.25, -0.2) is 4.79 Å². The van der Waals surface area contributed by atoms with E-state index in [1.165, 1.54) is 0 Å². The zero-order valence-corrected chi connectivity index (χ0v) is 8.62. The number of unbranched alkanes of at least 4 members (excludes halogenated alkanes) is 1. The largest absolute Gasteiger partial charge is 0.426 e. The molecule has 1 aliphatic heterocycles. The Morgan fingerprint density at radius 3 is 2.86 bits per heavy atom. The Morgan fingerprint density at radius 2 is 2.21 bits per heavy atom. The van der Waals surface area contributed by atoms with Crippen LogP contribution in [-0.2, 0) is 9.57 Å². The van der Waals surface area contributed by atoms with Crippen molar-refractivity contribution in [1.29, 1.82) is 0 Å². The molecule has 0 aromatic carbocycles. The van der Waals surface area contributed by atoms with Crippen LogP contribution in [0.15, 0.2) is 0 Å². The second kappa shape index (κ2) is 6.62. The first kappa shape index (κ1) is 11.3. The number of hydrogen-bond acceptors (Lipinski definition) is 4. The smallest absolute Gasteiger partial charge is 0.379 e. The lowest BCUT2D eigenvalue weighted by Gasteiger charge is -2.24. The molecule has 1 amide bonds. The van der Waals surface area contributed by atoms with Gasteiger partial charge in [0.2, 0.25) is 0 Å². The highest BCUT2D eigenvalue weighted by Crippen LogP contribution is 1.97. The summed E-state index contributed by atoms with van der Waals surface area (Å²) in [5.41, 5.74) is 0. The first-order chi connectivity index (χ1) is 6.83. The molecule has 0 spiro atoms. The van der Waals surface area contributed by atoms with Crippen LogP contribution >= 0.6 is 0 Å². The maximum atomic E-state index is 11.2. The monoisotopic (exact) mass is 202 g/mol. The molecule has 5 heteroatoms. The van der Waals surface area contributed by atoms with Gasteiger partial charge >= 0.3 is 6.09 Å². The Morgan fingerprint density at radius 1 is 1.50 bits per heavy atom. The maximum absolute atomic E-state index is 11.2. The number of carbonyl (C=O) groups is 1. The number of carbonyl (C=O) groups excluding carboxylic acids is 1. The quantitative estimate of drug-likeness (QED) is 0.684.